The first kappa shape index (κ1) is 14.7. The molecule has 0 amide bonds. The van der Waals surface area contributed by atoms with Gasteiger partial charge in [0.2, 0.25) is 6.54 Å². The minimum Gasteiger partial charge on any atom is -0.507 e. The number of phenolic OH excluding ortho intramolecular Hbond substituents is 1. The summed E-state index contributed by atoms with van der Waals surface area (Å²) < 4.78 is 15.5. The first-order valence-electron chi connectivity index (χ1n) is 6.17. The SMILES string of the molecule is COc1cc(O)c([C@H](C[N+](=O)[O-])c2ccco2)c(OC)c1. The molecule has 0 fully saturated rings. The molecule has 0 saturated heterocycles. The Hall–Kier alpha value is -2.70. The highest BCUT2D eigenvalue weighted by atomic mass is 16.6. The molecule has 1 aromatic carbocycles. The van der Waals surface area contributed by atoms with E-state index in [1.807, 2.05) is 0 Å². The number of rotatable bonds is 6. The zero-order valence-corrected chi connectivity index (χ0v) is 11.6. The molecule has 7 nitrogen and oxygen atoms in total. The van der Waals surface area contributed by atoms with Crippen LogP contribution < -0.4 is 9.47 Å². The summed E-state index contributed by atoms with van der Waals surface area (Å²) in [6.45, 7) is -0.427. The molecule has 0 aliphatic rings. The number of hydrogen-bond acceptors (Lipinski definition) is 6. The summed E-state index contributed by atoms with van der Waals surface area (Å²) in [6, 6.07) is 6.20. The summed E-state index contributed by atoms with van der Waals surface area (Å²) in [5.74, 6) is 0.179. The van der Waals surface area contributed by atoms with E-state index >= 15 is 0 Å². The van der Waals surface area contributed by atoms with Crippen LogP contribution in [0.3, 0.4) is 0 Å². The molecule has 0 bridgehead atoms. The van der Waals surface area contributed by atoms with E-state index in [1.54, 1.807) is 18.2 Å². The molecule has 1 atom stereocenters. The van der Waals surface area contributed by atoms with E-state index in [9.17, 15) is 15.2 Å². The Bertz CT molecular complexity index is 623. The molecule has 1 heterocycles. The summed E-state index contributed by atoms with van der Waals surface area (Å²) in [6.07, 6.45) is 1.43. The molecule has 21 heavy (non-hydrogen) atoms. The van der Waals surface area contributed by atoms with Gasteiger partial charge in [0.05, 0.1) is 26.0 Å². The zero-order valence-electron chi connectivity index (χ0n) is 11.6. The number of benzene rings is 1. The van der Waals surface area contributed by atoms with Gasteiger partial charge in [0.15, 0.2) is 0 Å². The second-order valence-corrected chi connectivity index (χ2v) is 4.35. The maximum atomic E-state index is 10.9. The molecular formula is C14H15NO6. The monoisotopic (exact) mass is 293 g/mol. The fourth-order valence-electron chi connectivity index (χ4n) is 2.19. The van der Waals surface area contributed by atoms with Crippen LogP contribution in [0.5, 0.6) is 17.2 Å². The number of ether oxygens (including phenoxy) is 2. The highest BCUT2D eigenvalue weighted by Gasteiger charge is 2.29. The van der Waals surface area contributed by atoms with Crippen molar-refractivity contribution in [3.8, 4) is 17.2 Å². The molecule has 1 N–H and O–H groups in total. The smallest absolute Gasteiger partial charge is 0.218 e. The van der Waals surface area contributed by atoms with E-state index in [1.165, 1.54) is 26.5 Å². The maximum Gasteiger partial charge on any atom is 0.218 e. The van der Waals surface area contributed by atoms with Crippen molar-refractivity contribution in [2.75, 3.05) is 20.8 Å². The van der Waals surface area contributed by atoms with Crippen LogP contribution in [0.2, 0.25) is 0 Å². The molecule has 1 aromatic heterocycles. The third-order valence-electron chi connectivity index (χ3n) is 3.12. The van der Waals surface area contributed by atoms with Gasteiger partial charge < -0.3 is 19.0 Å². The van der Waals surface area contributed by atoms with Gasteiger partial charge >= 0.3 is 0 Å². The summed E-state index contributed by atoms with van der Waals surface area (Å²) in [7, 11) is 2.87. The summed E-state index contributed by atoms with van der Waals surface area (Å²) in [4.78, 5) is 10.5. The van der Waals surface area contributed by atoms with Gasteiger partial charge in [0.25, 0.3) is 0 Å². The molecule has 2 rings (SSSR count). The van der Waals surface area contributed by atoms with Crippen molar-refractivity contribution in [2.45, 2.75) is 5.92 Å². The van der Waals surface area contributed by atoms with Gasteiger partial charge in [-0.2, -0.15) is 0 Å². The van der Waals surface area contributed by atoms with Crippen molar-refractivity contribution in [3.63, 3.8) is 0 Å². The fraction of sp³-hybridized carbons (Fsp3) is 0.286. The lowest BCUT2D eigenvalue weighted by Crippen LogP contribution is -2.14. The third-order valence-corrected chi connectivity index (χ3v) is 3.12. The van der Waals surface area contributed by atoms with E-state index in [0.29, 0.717) is 22.8 Å². The van der Waals surface area contributed by atoms with Crippen LogP contribution in [-0.4, -0.2) is 30.8 Å². The summed E-state index contributed by atoms with van der Waals surface area (Å²) in [5.41, 5.74) is 0.296. The largest absolute Gasteiger partial charge is 0.507 e. The number of furan rings is 1. The van der Waals surface area contributed by atoms with E-state index < -0.39 is 17.4 Å². The van der Waals surface area contributed by atoms with E-state index in [2.05, 4.69) is 0 Å². The topological polar surface area (TPSA) is 95.0 Å². The first-order valence-corrected chi connectivity index (χ1v) is 6.17. The predicted molar refractivity (Wildman–Crippen MR) is 73.6 cm³/mol. The Morgan fingerprint density at radius 2 is 2.14 bits per heavy atom. The Morgan fingerprint density at radius 1 is 1.38 bits per heavy atom. The van der Waals surface area contributed by atoms with E-state index in [0.717, 1.165) is 0 Å². The van der Waals surface area contributed by atoms with Crippen molar-refractivity contribution in [3.05, 3.63) is 52.0 Å². The molecule has 7 heteroatoms. The molecule has 0 unspecified atom stereocenters. The van der Waals surface area contributed by atoms with Crippen LogP contribution in [0.4, 0.5) is 0 Å². The third kappa shape index (κ3) is 3.07. The van der Waals surface area contributed by atoms with Gasteiger partial charge in [-0.3, -0.25) is 10.1 Å². The van der Waals surface area contributed by atoms with Gasteiger partial charge in [-0.05, 0) is 12.1 Å². The van der Waals surface area contributed by atoms with Gasteiger partial charge in [0.1, 0.15) is 28.9 Å². The van der Waals surface area contributed by atoms with Crippen molar-refractivity contribution in [2.24, 2.45) is 0 Å². The molecule has 0 aliphatic carbocycles. The summed E-state index contributed by atoms with van der Waals surface area (Å²) in [5, 5.41) is 21.1. The lowest BCUT2D eigenvalue weighted by atomic mass is 9.94. The Morgan fingerprint density at radius 3 is 2.67 bits per heavy atom. The molecular weight excluding hydrogens is 278 g/mol. The van der Waals surface area contributed by atoms with Crippen LogP contribution >= 0.6 is 0 Å². The highest BCUT2D eigenvalue weighted by Crippen LogP contribution is 2.41. The average molecular weight is 293 g/mol. The second kappa shape index (κ2) is 6.17. The van der Waals surface area contributed by atoms with Crippen LogP contribution in [0.25, 0.3) is 0 Å². The number of phenols is 1. The van der Waals surface area contributed by atoms with Crippen molar-refractivity contribution < 1.29 is 23.9 Å². The lowest BCUT2D eigenvalue weighted by Gasteiger charge is -2.17. The summed E-state index contributed by atoms with van der Waals surface area (Å²) >= 11 is 0. The van der Waals surface area contributed by atoms with Crippen LogP contribution in [0.1, 0.15) is 17.2 Å². The van der Waals surface area contributed by atoms with Crippen LogP contribution in [0.15, 0.2) is 34.9 Å². The van der Waals surface area contributed by atoms with E-state index in [4.69, 9.17) is 13.9 Å². The standard InChI is InChI=1S/C14H15NO6/c1-19-9-6-11(16)14(13(7-9)20-2)10(8-15(17)18)12-4-3-5-21-12/h3-7,10,16H,8H2,1-2H3/t10-/m1/s1. The van der Waals surface area contributed by atoms with Crippen LogP contribution in [-0.2, 0) is 0 Å². The first-order chi connectivity index (χ1) is 10.1. The Balaban J connectivity index is 2.56. The normalized spacial score (nSPS) is 11.9. The Labute approximate surface area is 120 Å². The number of hydrogen-bond donors (Lipinski definition) is 1. The van der Waals surface area contributed by atoms with Gasteiger partial charge in [-0.15, -0.1) is 0 Å². The molecule has 112 valence electrons. The molecule has 0 radical (unpaired) electrons. The predicted octanol–water partition coefficient (Wildman–Crippen LogP) is 2.41. The highest BCUT2D eigenvalue weighted by molar-refractivity contribution is 5.53. The molecule has 2 aromatic rings. The molecule has 0 aliphatic heterocycles. The van der Waals surface area contributed by atoms with Crippen molar-refractivity contribution >= 4 is 0 Å². The van der Waals surface area contributed by atoms with Gasteiger partial charge in [0, 0.05) is 17.1 Å². The Kier molecular flexibility index (Phi) is 4.32. The minimum absolute atomic E-state index is 0.144. The van der Waals surface area contributed by atoms with Crippen LogP contribution in [0, 0.1) is 10.1 Å². The number of aromatic hydroxyl groups is 1. The van der Waals surface area contributed by atoms with Gasteiger partial charge in [-0.1, -0.05) is 0 Å². The minimum atomic E-state index is -0.754. The van der Waals surface area contributed by atoms with Gasteiger partial charge in [-0.25, -0.2) is 0 Å². The van der Waals surface area contributed by atoms with Crippen molar-refractivity contribution in [1.82, 2.24) is 0 Å². The lowest BCUT2D eigenvalue weighted by molar-refractivity contribution is -0.482. The molecule has 0 saturated carbocycles. The average Bonchev–Trinajstić information content (AvgIpc) is 2.98. The fourth-order valence-corrected chi connectivity index (χ4v) is 2.19. The zero-order chi connectivity index (χ0) is 15.4. The van der Waals surface area contributed by atoms with E-state index in [-0.39, 0.29) is 5.75 Å². The number of nitro groups is 1. The quantitative estimate of drug-likeness (QED) is 0.649. The molecule has 0 spiro atoms. The number of nitrogens with zero attached hydrogens (tertiary/aromatic N) is 1. The number of methoxy groups -OCH3 is 2. The van der Waals surface area contributed by atoms with Crippen molar-refractivity contribution in [1.29, 1.82) is 0 Å². The maximum absolute atomic E-state index is 10.9. The second-order valence-electron chi connectivity index (χ2n) is 4.35.